The first-order chi connectivity index (χ1) is 9.56. The molecule has 0 aliphatic carbocycles. The molecule has 20 heavy (non-hydrogen) atoms. The highest BCUT2D eigenvalue weighted by molar-refractivity contribution is 7.73. The summed E-state index contributed by atoms with van der Waals surface area (Å²) in [6, 6.07) is 6.60. The molecule has 0 radical (unpaired) electrons. The van der Waals surface area contributed by atoms with Crippen molar-refractivity contribution >= 4 is 40.7 Å². The second-order valence-electron chi connectivity index (χ2n) is 3.70. The quantitative estimate of drug-likeness (QED) is 0.647. The van der Waals surface area contributed by atoms with Gasteiger partial charge in [-0.15, -0.1) is 5.10 Å². The van der Waals surface area contributed by atoms with Gasteiger partial charge in [0.1, 0.15) is 0 Å². The van der Waals surface area contributed by atoms with Gasteiger partial charge in [0.15, 0.2) is 10.00 Å². The Morgan fingerprint density at radius 1 is 1.35 bits per heavy atom. The van der Waals surface area contributed by atoms with Crippen LogP contribution in [-0.4, -0.2) is 27.3 Å². The third-order valence-corrected chi connectivity index (χ3v) is 3.32. The zero-order valence-electron chi connectivity index (χ0n) is 9.99. The highest BCUT2D eigenvalue weighted by Gasteiger charge is 2.22. The van der Waals surface area contributed by atoms with Crippen molar-refractivity contribution < 1.29 is 14.7 Å². The lowest BCUT2D eigenvalue weighted by Crippen LogP contribution is -2.36. The molecule has 0 saturated carbocycles. The lowest BCUT2D eigenvalue weighted by molar-refractivity contribution is -0.139. The number of nitrogens with one attached hydrogen (secondary N) is 3. The summed E-state index contributed by atoms with van der Waals surface area (Å²) >= 11 is 5.90. The second-order valence-corrected chi connectivity index (χ2v) is 5.36. The zero-order valence-corrected chi connectivity index (χ0v) is 11.6. The van der Waals surface area contributed by atoms with Crippen LogP contribution in [0.25, 0.3) is 0 Å². The first-order valence-electron chi connectivity index (χ1n) is 5.47. The molecule has 0 fully saturated rings. The normalized spacial score (nSPS) is 11.6. The average Bonchev–Trinajstić information content (AvgIpc) is 2.82. The maximum absolute atomic E-state index is 11.7. The van der Waals surface area contributed by atoms with Gasteiger partial charge in [-0.1, -0.05) is 41.7 Å². The Labute approximate surface area is 122 Å². The average molecular weight is 310 g/mol. The summed E-state index contributed by atoms with van der Waals surface area (Å²) in [7, 11) is 0. The van der Waals surface area contributed by atoms with Crippen molar-refractivity contribution in [2.75, 3.05) is 5.32 Å². The maximum atomic E-state index is 11.7. The molecular weight excluding hydrogens is 300 g/mol. The van der Waals surface area contributed by atoms with E-state index in [1.54, 1.807) is 30.3 Å². The van der Waals surface area contributed by atoms with E-state index in [1.165, 1.54) is 0 Å². The molecule has 0 spiro atoms. The molecule has 9 heteroatoms. The van der Waals surface area contributed by atoms with Crippen LogP contribution in [0.5, 0.6) is 0 Å². The van der Waals surface area contributed by atoms with Crippen LogP contribution >= 0.6 is 23.6 Å². The van der Waals surface area contributed by atoms with E-state index in [4.69, 9.17) is 17.3 Å². The summed E-state index contributed by atoms with van der Waals surface area (Å²) in [4.78, 5) is 23.0. The molecular formula is C11H10N4O3S2. The number of urea groups is 1. The number of anilines is 1. The van der Waals surface area contributed by atoms with Crippen LogP contribution in [0, 0.1) is 3.95 Å². The van der Waals surface area contributed by atoms with Crippen LogP contribution < -0.4 is 10.6 Å². The molecule has 0 saturated heterocycles. The Hall–Kier alpha value is -2.26. The number of aromatic amines is 1. The molecule has 2 amide bonds. The molecule has 1 atom stereocenters. The number of hydrogen-bond acceptors (Lipinski definition) is 5. The Balaban J connectivity index is 2.07. The van der Waals surface area contributed by atoms with E-state index in [9.17, 15) is 9.59 Å². The van der Waals surface area contributed by atoms with E-state index >= 15 is 0 Å². The Morgan fingerprint density at radius 3 is 2.60 bits per heavy atom. The van der Waals surface area contributed by atoms with Crippen LogP contribution in [0.3, 0.4) is 0 Å². The monoisotopic (exact) mass is 310 g/mol. The van der Waals surface area contributed by atoms with Crippen molar-refractivity contribution in [3.63, 3.8) is 0 Å². The summed E-state index contributed by atoms with van der Waals surface area (Å²) in [5.41, 5.74) is 0.477. The number of rotatable bonds is 4. The number of carboxylic acids is 1. The predicted octanol–water partition coefficient (Wildman–Crippen LogP) is 2.15. The van der Waals surface area contributed by atoms with Crippen molar-refractivity contribution in [1.82, 2.24) is 15.5 Å². The highest BCUT2D eigenvalue weighted by Crippen LogP contribution is 2.14. The fraction of sp³-hybridized carbons (Fsp3) is 0.0909. The van der Waals surface area contributed by atoms with Gasteiger partial charge < -0.3 is 10.4 Å². The predicted molar refractivity (Wildman–Crippen MR) is 76.3 cm³/mol. The lowest BCUT2D eigenvalue weighted by atomic mass is 10.1. The zero-order chi connectivity index (χ0) is 14.5. The van der Waals surface area contributed by atoms with Gasteiger partial charge in [-0.25, -0.2) is 9.59 Å². The first kappa shape index (κ1) is 14.2. The van der Waals surface area contributed by atoms with Crippen LogP contribution in [0.2, 0.25) is 0 Å². The van der Waals surface area contributed by atoms with E-state index in [0.29, 0.717) is 9.52 Å². The van der Waals surface area contributed by atoms with Gasteiger partial charge in [0.2, 0.25) is 5.13 Å². The minimum atomic E-state index is -1.15. The number of benzene rings is 1. The summed E-state index contributed by atoms with van der Waals surface area (Å²) in [5.74, 6) is -1.15. The van der Waals surface area contributed by atoms with E-state index in [2.05, 4.69) is 20.8 Å². The number of H-pyrrole nitrogens is 1. The van der Waals surface area contributed by atoms with Gasteiger partial charge in [-0.3, -0.25) is 10.4 Å². The van der Waals surface area contributed by atoms with Gasteiger partial charge in [-0.05, 0) is 17.8 Å². The SMILES string of the molecule is O=C(Nc1n[nH]c(=S)s1)NC(C(=O)O)c1ccccc1. The van der Waals surface area contributed by atoms with Crippen molar-refractivity contribution in [2.45, 2.75) is 6.04 Å². The summed E-state index contributed by atoms with van der Waals surface area (Å²) < 4.78 is 0.415. The second kappa shape index (κ2) is 6.26. The van der Waals surface area contributed by atoms with E-state index < -0.39 is 18.0 Å². The van der Waals surface area contributed by atoms with Crippen LogP contribution in [0.1, 0.15) is 11.6 Å². The van der Waals surface area contributed by atoms with Crippen molar-refractivity contribution in [3.8, 4) is 0 Å². The molecule has 4 N–H and O–H groups in total. The molecule has 104 valence electrons. The molecule has 0 aliphatic heterocycles. The number of aliphatic carboxylic acids is 1. The number of hydrogen-bond donors (Lipinski definition) is 4. The van der Waals surface area contributed by atoms with E-state index in [0.717, 1.165) is 11.3 Å². The fourth-order valence-electron chi connectivity index (χ4n) is 1.48. The number of carboxylic acid groups (broad SMARTS) is 1. The largest absolute Gasteiger partial charge is 0.479 e. The smallest absolute Gasteiger partial charge is 0.330 e. The minimum Gasteiger partial charge on any atom is -0.479 e. The Bertz CT molecular complexity index is 668. The number of carbonyl (C=O) groups excluding carboxylic acids is 1. The minimum absolute atomic E-state index is 0.268. The van der Waals surface area contributed by atoms with Crippen LogP contribution in [-0.2, 0) is 4.79 Å². The molecule has 7 nitrogen and oxygen atoms in total. The number of carbonyl (C=O) groups is 2. The first-order valence-corrected chi connectivity index (χ1v) is 6.69. The van der Waals surface area contributed by atoms with Gasteiger partial charge in [-0.2, -0.15) is 0 Å². The molecule has 1 unspecified atom stereocenters. The Kier molecular flexibility index (Phi) is 4.43. The van der Waals surface area contributed by atoms with Crippen molar-refractivity contribution in [2.24, 2.45) is 0 Å². The topological polar surface area (TPSA) is 107 Å². The number of nitrogens with zero attached hydrogens (tertiary/aromatic N) is 1. The molecule has 2 aromatic rings. The van der Waals surface area contributed by atoms with Crippen molar-refractivity contribution in [1.29, 1.82) is 0 Å². The summed E-state index contributed by atoms with van der Waals surface area (Å²) in [6.45, 7) is 0. The molecule has 0 aliphatic rings. The molecule has 2 rings (SSSR count). The van der Waals surface area contributed by atoms with E-state index in [-0.39, 0.29) is 5.13 Å². The third-order valence-electron chi connectivity index (χ3n) is 2.31. The van der Waals surface area contributed by atoms with Gasteiger partial charge >= 0.3 is 12.0 Å². The maximum Gasteiger partial charge on any atom is 0.330 e. The molecule has 1 heterocycles. The molecule has 1 aromatic heterocycles. The van der Waals surface area contributed by atoms with Gasteiger partial charge in [0, 0.05) is 0 Å². The highest BCUT2D eigenvalue weighted by atomic mass is 32.1. The van der Waals surface area contributed by atoms with Gasteiger partial charge in [0.05, 0.1) is 0 Å². The molecule has 1 aromatic carbocycles. The lowest BCUT2D eigenvalue weighted by Gasteiger charge is -2.14. The number of amides is 2. The standard InChI is InChI=1S/C11H10N4O3S2/c16-8(17)7(6-4-2-1-3-5-6)12-9(18)13-10-14-15-11(19)20-10/h1-5,7H,(H,15,19)(H,16,17)(H2,12,13,14,18). The number of aromatic nitrogens is 2. The summed E-state index contributed by atoms with van der Waals surface area (Å²) in [6.07, 6.45) is 0. The Morgan fingerprint density at radius 2 is 2.05 bits per heavy atom. The van der Waals surface area contributed by atoms with Crippen LogP contribution in [0.4, 0.5) is 9.93 Å². The molecule has 0 bridgehead atoms. The van der Waals surface area contributed by atoms with Crippen molar-refractivity contribution in [3.05, 3.63) is 39.8 Å². The van der Waals surface area contributed by atoms with E-state index in [1.807, 2.05) is 0 Å². The van der Waals surface area contributed by atoms with Crippen LogP contribution in [0.15, 0.2) is 30.3 Å². The fourth-order valence-corrected chi connectivity index (χ4v) is 2.27. The third kappa shape index (κ3) is 3.62. The van der Waals surface area contributed by atoms with Gasteiger partial charge in [0.25, 0.3) is 0 Å². The summed E-state index contributed by atoms with van der Waals surface area (Å²) in [5, 5.41) is 20.5.